The first-order valence-electron chi connectivity index (χ1n) is 7.67. The molecule has 5 nitrogen and oxygen atoms in total. The van der Waals surface area contributed by atoms with Crippen LogP contribution in [0.2, 0.25) is 0 Å². The molecule has 0 atom stereocenters. The van der Waals surface area contributed by atoms with E-state index in [0.717, 1.165) is 48.4 Å². The summed E-state index contributed by atoms with van der Waals surface area (Å²) in [6.45, 7) is 2.17. The number of hydrogen-bond acceptors (Lipinski definition) is 4. The fourth-order valence-corrected chi connectivity index (χ4v) is 2.90. The van der Waals surface area contributed by atoms with Crippen molar-refractivity contribution in [2.75, 3.05) is 13.7 Å². The highest BCUT2D eigenvalue weighted by Gasteiger charge is 2.26. The number of fused-ring (bicyclic) bond motifs is 1. The van der Waals surface area contributed by atoms with Crippen molar-refractivity contribution in [2.24, 2.45) is 0 Å². The number of benzene rings is 1. The normalized spacial score (nSPS) is 13.5. The quantitative estimate of drug-likeness (QED) is 0.815. The number of rotatable bonds is 4. The molecule has 0 aliphatic heterocycles. The minimum Gasteiger partial charge on any atom is -0.497 e. The molecule has 1 aliphatic rings. The monoisotopic (exact) mass is 300 g/mol. The van der Waals surface area contributed by atoms with Crippen LogP contribution in [0.25, 0.3) is 5.69 Å². The minimum absolute atomic E-state index is 0.326. The van der Waals surface area contributed by atoms with Crippen LogP contribution in [0.1, 0.15) is 41.5 Å². The third-order valence-electron chi connectivity index (χ3n) is 3.97. The fraction of sp³-hybridized carbons (Fsp3) is 0.412. The van der Waals surface area contributed by atoms with Gasteiger partial charge in [-0.2, -0.15) is 5.10 Å². The lowest BCUT2D eigenvalue weighted by Crippen LogP contribution is -2.10. The van der Waals surface area contributed by atoms with E-state index >= 15 is 0 Å². The molecule has 0 fully saturated rings. The molecule has 1 aliphatic carbocycles. The molecule has 0 N–H and O–H groups in total. The highest BCUT2D eigenvalue weighted by molar-refractivity contribution is 5.89. The van der Waals surface area contributed by atoms with Crippen LogP contribution in [0.4, 0.5) is 0 Å². The van der Waals surface area contributed by atoms with E-state index in [1.807, 2.05) is 35.9 Å². The number of aromatic nitrogens is 2. The molecule has 0 spiro atoms. The van der Waals surface area contributed by atoms with Crippen LogP contribution < -0.4 is 4.74 Å². The Bertz CT molecular complexity index is 674. The van der Waals surface area contributed by atoms with Crippen molar-refractivity contribution in [3.05, 3.63) is 41.2 Å². The van der Waals surface area contributed by atoms with Crippen LogP contribution in [0, 0.1) is 0 Å². The molecule has 5 heteroatoms. The summed E-state index contributed by atoms with van der Waals surface area (Å²) in [7, 11) is 1.64. The molecular weight excluding hydrogens is 280 g/mol. The Morgan fingerprint density at radius 3 is 2.64 bits per heavy atom. The smallest absolute Gasteiger partial charge is 0.359 e. The van der Waals surface area contributed by atoms with Gasteiger partial charge in [0.15, 0.2) is 5.69 Å². The largest absolute Gasteiger partial charge is 0.497 e. The average Bonchev–Trinajstić information content (AvgIpc) is 2.95. The lowest BCUT2D eigenvalue weighted by Gasteiger charge is -2.14. The second-order valence-corrected chi connectivity index (χ2v) is 5.31. The van der Waals surface area contributed by atoms with E-state index < -0.39 is 0 Å². The molecule has 0 amide bonds. The van der Waals surface area contributed by atoms with E-state index in [1.54, 1.807) is 7.11 Å². The van der Waals surface area contributed by atoms with Crippen LogP contribution in [0.5, 0.6) is 5.75 Å². The van der Waals surface area contributed by atoms with E-state index in [1.165, 1.54) is 0 Å². The van der Waals surface area contributed by atoms with Crippen LogP contribution in [0.15, 0.2) is 24.3 Å². The summed E-state index contributed by atoms with van der Waals surface area (Å²) in [4.78, 5) is 12.1. The summed E-state index contributed by atoms with van der Waals surface area (Å²) in [5.41, 5.74) is 3.57. The SMILES string of the molecule is CCOC(=O)c1nn(-c2ccc(OC)cc2)c2c1CCCC2. The topological polar surface area (TPSA) is 53.3 Å². The fourth-order valence-electron chi connectivity index (χ4n) is 2.90. The summed E-state index contributed by atoms with van der Waals surface area (Å²) in [6.07, 6.45) is 4.04. The molecule has 22 heavy (non-hydrogen) atoms. The van der Waals surface area contributed by atoms with Crippen molar-refractivity contribution in [3.63, 3.8) is 0 Å². The van der Waals surface area contributed by atoms with Crippen LogP contribution in [-0.2, 0) is 17.6 Å². The molecule has 1 heterocycles. The zero-order valence-electron chi connectivity index (χ0n) is 13.0. The van der Waals surface area contributed by atoms with Gasteiger partial charge in [0.1, 0.15) is 5.75 Å². The predicted molar refractivity (Wildman–Crippen MR) is 82.7 cm³/mol. The maximum Gasteiger partial charge on any atom is 0.359 e. The van der Waals surface area contributed by atoms with Gasteiger partial charge in [-0.3, -0.25) is 0 Å². The van der Waals surface area contributed by atoms with E-state index in [9.17, 15) is 4.79 Å². The second-order valence-electron chi connectivity index (χ2n) is 5.31. The molecule has 116 valence electrons. The molecular formula is C17H20N2O3. The Morgan fingerprint density at radius 2 is 1.95 bits per heavy atom. The average molecular weight is 300 g/mol. The molecule has 0 bridgehead atoms. The van der Waals surface area contributed by atoms with Crippen LogP contribution >= 0.6 is 0 Å². The standard InChI is InChI=1S/C17H20N2O3/c1-3-22-17(20)16-14-6-4-5-7-15(14)19(18-16)12-8-10-13(21-2)11-9-12/h8-11H,3-7H2,1-2H3. The Hall–Kier alpha value is -2.30. The van der Waals surface area contributed by atoms with Crippen molar-refractivity contribution in [3.8, 4) is 11.4 Å². The summed E-state index contributed by atoms with van der Waals surface area (Å²) in [6, 6.07) is 7.71. The minimum atomic E-state index is -0.326. The van der Waals surface area contributed by atoms with Gasteiger partial charge in [-0.15, -0.1) is 0 Å². The molecule has 0 unspecified atom stereocenters. The number of nitrogens with zero attached hydrogens (tertiary/aromatic N) is 2. The Kier molecular flexibility index (Phi) is 4.13. The highest BCUT2D eigenvalue weighted by Crippen LogP contribution is 2.28. The summed E-state index contributed by atoms with van der Waals surface area (Å²) in [5.74, 6) is 0.475. The van der Waals surface area contributed by atoms with Gasteiger partial charge in [0.05, 0.1) is 19.4 Å². The van der Waals surface area contributed by atoms with Gasteiger partial charge in [0, 0.05) is 11.3 Å². The zero-order valence-corrected chi connectivity index (χ0v) is 13.0. The Labute approximate surface area is 129 Å². The summed E-state index contributed by atoms with van der Waals surface area (Å²) >= 11 is 0. The molecule has 0 saturated heterocycles. The van der Waals surface area contributed by atoms with Crippen molar-refractivity contribution in [1.82, 2.24) is 9.78 Å². The van der Waals surface area contributed by atoms with Crippen LogP contribution in [0.3, 0.4) is 0 Å². The van der Waals surface area contributed by atoms with E-state index in [-0.39, 0.29) is 5.97 Å². The molecule has 2 aromatic rings. The number of methoxy groups -OCH3 is 1. The van der Waals surface area contributed by atoms with Gasteiger partial charge >= 0.3 is 5.97 Å². The predicted octanol–water partition coefficient (Wildman–Crippen LogP) is 2.94. The van der Waals surface area contributed by atoms with E-state index in [2.05, 4.69) is 5.10 Å². The zero-order chi connectivity index (χ0) is 15.5. The molecule has 1 aromatic heterocycles. The number of hydrogen-bond donors (Lipinski definition) is 0. The molecule has 3 rings (SSSR count). The van der Waals surface area contributed by atoms with Crippen molar-refractivity contribution >= 4 is 5.97 Å². The third-order valence-corrected chi connectivity index (χ3v) is 3.97. The lowest BCUT2D eigenvalue weighted by atomic mass is 9.95. The first kappa shape index (κ1) is 14.6. The second kappa shape index (κ2) is 6.22. The first-order valence-corrected chi connectivity index (χ1v) is 7.67. The van der Waals surface area contributed by atoms with Gasteiger partial charge < -0.3 is 9.47 Å². The Balaban J connectivity index is 2.05. The Morgan fingerprint density at radius 1 is 1.23 bits per heavy atom. The van der Waals surface area contributed by atoms with Gasteiger partial charge in [0.2, 0.25) is 0 Å². The summed E-state index contributed by atoms with van der Waals surface area (Å²) < 4.78 is 12.2. The van der Waals surface area contributed by atoms with Crippen molar-refractivity contribution in [1.29, 1.82) is 0 Å². The lowest BCUT2D eigenvalue weighted by molar-refractivity contribution is 0.0517. The highest BCUT2D eigenvalue weighted by atomic mass is 16.5. The van der Waals surface area contributed by atoms with Gasteiger partial charge in [-0.1, -0.05) is 0 Å². The maximum absolute atomic E-state index is 12.1. The molecule has 0 saturated carbocycles. The van der Waals surface area contributed by atoms with E-state index in [4.69, 9.17) is 9.47 Å². The van der Waals surface area contributed by atoms with E-state index in [0.29, 0.717) is 12.3 Å². The molecule has 0 radical (unpaired) electrons. The number of carbonyl (C=O) groups is 1. The van der Waals surface area contributed by atoms with Gasteiger partial charge in [0.25, 0.3) is 0 Å². The number of esters is 1. The van der Waals surface area contributed by atoms with Crippen molar-refractivity contribution < 1.29 is 14.3 Å². The summed E-state index contributed by atoms with van der Waals surface area (Å²) in [5, 5.41) is 4.54. The van der Waals surface area contributed by atoms with Crippen molar-refractivity contribution in [2.45, 2.75) is 32.6 Å². The maximum atomic E-state index is 12.1. The van der Waals surface area contributed by atoms with Gasteiger partial charge in [-0.05, 0) is 56.9 Å². The number of ether oxygens (including phenoxy) is 2. The molecule has 1 aromatic carbocycles. The third kappa shape index (κ3) is 2.58. The number of carbonyl (C=O) groups excluding carboxylic acids is 1. The first-order chi connectivity index (χ1) is 10.7. The van der Waals surface area contributed by atoms with Crippen LogP contribution in [-0.4, -0.2) is 29.5 Å². The van der Waals surface area contributed by atoms with Gasteiger partial charge in [-0.25, -0.2) is 9.48 Å².